The number of nitrogens with one attached hydrogen (secondary N) is 1. The van der Waals surface area contributed by atoms with Crippen LogP contribution in [0.15, 0.2) is 58.6 Å². The monoisotopic (exact) mass is 411 g/mol. The van der Waals surface area contributed by atoms with Gasteiger partial charge in [0.2, 0.25) is 5.16 Å². The van der Waals surface area contributed by atoms with E-state index in [1.807, 2.05) is 61.5 Å². The second-order valence-corrected chi connectivity index (χ2v) is 7.09. The van der Waals surface area contributed by atoms with Crippen molar-refractivity contribution in [1.29, 1.82) is 0 Å². The van der Waals surface area contributed by atoms with Crippen LogP contribution in [-0.2, 0) is 0 Å². The number of rotatable bonds is 7. The molecule has 3 aromatic rings. The Morgan fingerprint density at radius 3 is 2.14 bits per heavy atom. The molecule has 3 rings (SSSR count). The van der Waals surface area contributed by atoms with E-state index in [-0.39, 0.29) is 17.9 Å². The topological polar surface area (TPSA) is 89.5 Å². The molecule has 9 heteroatoms. The van der Waals surface area contributed by atoms with Crippen LogP contribution in [-0.4, -0.2) is 49.2 Å². The zero-order chi connectivity index (χ0) is 20.8. The Balaban J connectivity index is 1.82. The molecular formula is C20H21N5O3S. The second kappa shape index (κ2) is 9.24. The maximum absolute atomic E-state index is 12.9. The van der Waals surface area contributed by atoms with Gasteiger partial charge in [0.25, 0.3) is 5.91 Å². The van der Waals surface area contributed by atoms with Crippen molar-refractivity contribution in [3.8, 4) is 12.0 Å². The molecule has 8 nitrogen and oxygen atoms in total. The summed E-state index contributed by atoms with van der Waals surface area (Å²) in [6.45, 7) is 0. The molecule has 0 aliphatic rings. The van der Waals surface area contributed by atoms with Gasteiger partial charge in [-0.25, -0.2) is 0 Å². The van der Waals surface area contributed by atoms with Crippen molar-refractivity contribution < 1.29 is 14.3 Å². The number of aromatic nitrogens is 3. The van der Waals surface area contributed by atoms with Crippen LogP contribution in [0, 0.1) is 0 Å². The lowest BCUT2D eigenvalue weighted by atomic mass is 10.2. The van der Waals surface area contributed by atoms with Crippen LogP contribution in [0.3, 0.4) is 0 Å². The summed E-state index contributed by atoms with van der Waals surface area (Å²) in [5.41, 5.74) is 2.27. The Hall–Kier alpha value is -3.33. The molecule has 0 bridgehead atoms. The summed E-state index contributed by atoms with van der Waals surface area (Å²) in [6.07, 6.45) is 0. The molecule has 1 aromatic heterocycles. The third-order valence-corrected chi connectivity index (χ3v) is 4.85. The maximum Gasteiger partial charge on any atom is 0.323 e. The van der Waals surface area contributed by atoms with Crippen molar-refractivity contribution in [2.75, 3.05) is 38.5 Å². The Labute approximate surface area is 173 Å². The third kappa shape index (κ3) is 5.14. The van der Waals surface area contributed by atoms with E-state index >= 15 is 0 Å². The molecule has 0 aliphatic carbocycles. The minimum atomic E-state index is -0.223. The fourth-order valence-corrected chi connectivity index (χ4v) is 3.29. The fraction of sp³-hybridized carbons (Fsp3) is 0.200. The van der Waals surface area contributed by atoms with Crippen LogP contribution in [0.2, 0.25) is 0 Å². The molecule has 2 aromatic carbocycles. The summed E-state index contributed by atoms with van der Waals surface area (Å²) >= 11 is 1.23. The number of methoxy groups -OCH3 is 2. The quantitative estimate of drug-likeness (QED) is 0.633. The number of hydrogen-bond acceptors (Lipinski definition) is 8. The van der Waals surface area contributed by atoms with E-state index in [0.29, 0.717) is 21.3 Å². The Kier molecular flexibility index (Phi) is 6.50. The van der Waals surface area contributed by atoms with E-state index < -0.39 is 0 Å². The van der Waals surface area contributed by atoms with Gasteiger partial charge < -0.3 is 19.7 Å². The summed E-state index contributed by atoms with van der Waals surface area (Å²) in [7, 11) is 6.86. The Morgan fingerprint density at radius 2 is 1.55 bits per heavy atom. The summed E-state index contributed by atoms with van der Waals surface area (Å²) in [6, 6.07) is 15.1. The maximum atomic E-state index is 12.9. The predicted octanol–water partition coefficient (Wildman–Crippen LogP) is 3.36. The van der Waals surface area contributed by atoms with Crippen LogP contribution in [0.25, 0.3) is 0 Å². The number of benzene rings is 2. The number of anilines is 2. The largest absolute Gasteiger partial charge is 0.467 e. The van der Waals surface area contributed by atoms with Gasteiger partial charge in [-0.15, -0.1) is 4.98 Å². The van der Waals surface area contributed by atoms with E-state index in [4.69, 9.17) is 9.47 Å². The number of hydrogen-bond donors (Lipinski definition) is 1. The van der Waals surface area contributed by atoms with E-state index in [0.717, 1.165) is 5.69 Å². The number of nitrogens with zero attached hydrogens (tertiary/aromatic N) is 4. The molecule has 0 aliphatic heterocycles. The molecule has 0 radical (unpaired) electrons. The highest BCUT2D eigenvalue weighted by atomic mass is 32.2. The van der Waals surface area contributed by atoms with E-state index in [9.17, 15) is 4.79 Å². The molecule has 0 unspecified atom stereocenters. The lowest BCUT2D eigenvalue weighted by molar-refractivity contribution is 0.102. The normalized spacial score (nSPS) is 10.3. The Morgan fingerprint density at radius 1 is 0.931 bits per heavy atom. The molecule has 1 heterocycles. The van der Waals surface area contributed by atoms with Gasteiger partial charge in [0.1, 0.15) is 0 Å². The molecule has 0 saturated carbocycles. The van der Waals surface area contributed by atoms with Gasteiger partial charge in [-0.1, -0.05) is 12.1 Å². The molecule has 0 spiro atoms. The lowest BCUT2D eigenvalue weighted by Gasteiger charge is -2.13. The highest BCUT2D eigenvalue weighted by Gasteiger charge is 2.15. The van der Waals surface area contributed by atoms with Crippen LogP contribution in [0.5, 0.6) is 12.0 Å². The standard InChI is InChI=1S/C20H21N5O3S/c1-25(2)14-11-9-13(10-12-14)21-17(26)15-7-5-6-8-16(15)29-20-23-18(27-3)22-19(24-20)28-4/h5-12H,1-4H3,(H,21,26). The highest BCUT2D eigenvalue weighted by molar-refractivity contribution is 7.99. The number of amides is 1. The van der Waals surface area contributed by atoms with Crippen molar-refractivity contribution in [1.82, 2.24) is 15.0 Å². The number of carbonyl (C=O) groups is 1. The minimum absolute atomic E-state index is 0.141. The fourth-order valence-electron chi connectivity index (χ4n) is 2.43. The van der Waals surface area contributed by atoms with Gasteiger partial charge in [-0.3, -0.25) is 4.79 Å². The molecule has 29 heavy (non-hydrogen) atoms. The van der Waals surface area contributed by atoms with Crippen molar-refractivity contribution in [2.45, 2.75) is 10.1 Å². The second-order valence-electron chi connectivity index (χ2n) is 6.09. The highest BCUT2D eigenvalue weighted by Crippen LogP contribution is 2.30. The Bertz CT molecular complexity index is 973. The SMILES string of the molecule is COc1nc(OC)nc(Sc2ccccc2C(=O)Nc2ccc(N(C)C)cc2)n1. The summed E-state index contributed by atoms with van der Waals surface area (Å²) < 4.78 is 10.2. The first-order chi connectivity index (χ1) is 14.0. The first-order valence-electron chi connectivity index (χ1n) is 8.70. The molecule has 0 saturated heterocycles. The van der Waals surface area contributed by atoms with Crippen molar-refractivity contribution in [2.24, 2.45) is 0 Å². The van der Waals surface area contributed by atoms with Gasteiger partial charge in [0, 0.05) is 30.4 Å². The van der Waals surface area contributed by atoms with E-state index in [1.165, 1.54) is 26.0 Å². The lowest BCUT2D eigenvalue weighted by Crippen LogP contribution is -2.13. The third-order valence-electron chi connectivity index (χ3n) is 3.91. The molecule has 1 N–H and O–H groups in total. The first-order valence-corrected chi connectivity index (χ1v) is 9.51. The summed E-state index contributed by atoms with van der Waals surface area (Å²) in [5, 5.41) is 3.29. The van der Waals surface area contributed by atoms with Gasteiger partial charge in [-0.2, -0.15) is 9.97 Å². The number of ether oxygens (including phenoxy) is 2. The van der Waals surface area contributed by atoms with Crippen LogP contribution in [0.1, 0.15) is 10.4 Å². The van der Waals surface area contributed by atoms with Crippen LogP contribution in [0.4, 0.5) is 11.4 Å². The van der Waals surface area contributed by atoms with Crippen LogP contribution < -0.4 is 19.7 Å². The minimum Gasteiger partial charge on any atom is -0.467 e. The predicted molar refractivity (Wildman–Crippen MR) is 112 cm³/mol. The summed E-state index contributed by atoms with van der Waals surface area (Å²) in [4.78, 5) is 27.9. The summed E-state index contributed by atoms with van der Waals surface area (Å²) in [5.74, 6) is -0.223. The average molecular weight is 411 g/mol. The zero-order valence-electron chi connectivity index (χ0n) is 16.5. The smallest absolute Gasteiger partial charge is 0.323 e. The van der Waals surface area contributed by atoms with Gasteiger partial charge in [-0.05, 0) is 48.2 Å². The van der Waals surface area contributed by atoms with Crippen molar-refractivity contribution in [3.63, 3.8) is 0 Å². The molecule has 1 amide bonds. The van der Waals surface area contributed by atoms with Crippen molar-refractivity contribution in [3.05, 3.63) is 54.1 Å². The van der Waals surface area contributed by atoms with Crippen molar-refractivity contribution >= 4 is 29.0 Å². The zero-order valence-corrected chi connectivity index (χ0v) is 17.4. The molecular weight excluding hydrogens is 390 g/mol. The number of carbonyl (C=O) groups excluding carboxylic acids is 1. The molecule has 150 valence electrons. The van der Waals surface area contributed by atoms with Crippen LogP contribution >= 0.6 is 11.8 Å². The molecule has 0 atom stereocenters. The van der Waals surface area contributed by atoms with E-state index in [1.54, 1.807) is 6.07 Å². The van der Waals surface area contributed by atoms with Gasteiger partial charge >= 0.3 is 12.0 Å². The average Bonchev–Trinajstić information content (AvgIpc) is 2.74. The van der Waals surface area contributed by atoms with Gasteiger partial charge in [0.15, 0.2) is 0 Å². The molecule has 0 fully saturated rings. The van der Waals surface area contributed by atoms with Gasteiger partial charge in [0.05, 0.1) is 19.8 Å². The van der Waals surface area contributed by atoms with E-state index in [2.05, 4.69) is 20.3 Å². The first kappa shape index (κ1) is 20.4.